The highest BCUT2D eigenvalue weighted by atomic mass is 35.5. The van der Waals surface area contributed by atoms with Gasteiger partial charge in [-0.2, -0.15) is 5.10 Å². The zero-order chi connectivity index (χ0) is 15.1. The van der Waals surface area contributed by atoms with Crippen molar-refractivity contribution in [2.75, 3.05) is 11.9 Å². The van der Waals surface area contributed by atoms with Crippen molar-refractivity contribution in [1.82, 2.24) is 5.43 Å². The maximum Gasteiger partial charge on any atom is 0.259 e. The molecule has 108 valence electrons. The predicted molar refractivity (Wildman–Crippen MR) is 86.9 cm³/mol. The Morgan fingerprint density at radius 2 is 2.05 bits per heavy atom. The number of carbonyl (C=O) groups excluding carboxylic acids is 1. The monoisotopic (exact) mass is 301 g/mol. The molecular weight excluding hydrogens is 286 g/mol. The number of aryl methyl sites for hydroxylation is 1. The predicted octanol–water partition coefficient (Wildman–Crippen LogP) is 3.21. The molecule has 0 atom stereocenters. The van der Waals surface area contributed by atoms with Crippen molar-refractivity contribution in [3.63, 3.8) is 0 Å². The number of para-hydroxylation sites is 1. The number of rotatable bonds is 5. The number of halogens is 1. The van der Waals surface area contributed by atoms with Crippen LogP contribution in [0.15, 0.2) is 53.6 Å². The minimum atomic E-state index is -0.237. The van der Waals surface area contributed by atoms with E-state index in [2.05, 4.69) is 15.8 Å². The summed E-state index contributed by atoms with van der Waals surface area (Å²) in [6.45, 7) is 2.11. The molecular formula is C16H16ClN3O. The lowest BCUT2D eigenvalue weighted by molar-refractivity contribution is -0.119. The van der Waals surface area contributed by atoms with E-state index in [0.717, 1.165) is 16.8 Å². The Morgan fingerprint density at radius 3 is 2.81 bits per heavy atom. The molecule has 0 heterocycles. The summed E-state index contributed by atoms with van der Waals surface area (Å²) in [6, 6.07) is 15.1. The molecule has 0 aromatic heterocycles. The summed E-state index contributed by atoms with van der Waals surface area (Å²) < 4.78 is 0. The van der Waals surface area contributed by atoms with Crippen LogP contribution in [0.2, 0.25) is 5.02 Å². The third kappa shape index (κ3) is 4.93. The molecule has 0 spiro atoms. The highest BCUT2D eigenvalue weighted by Gasteiger charge is 2.01. The number of hydrogen-bond acceptors (Lipinski definition) is 3. The smallest absolute Gasteiger partial charge is 0.259 e. The van der Waals surface area contributed by atoms with Crippen molar-refractivity contribution >= 4 is 29.4 Å². The first-order valence-corrected chi connectivity index (χ1v) is 6.90. The minimum Gasteiger partial charge on any atom is -0.375 e. The molecule has 0 saturated heterocycles. The molecule has 21 heavy (non-hydrogen) atoms. The second-order valence-corrected chi connectivity index (χ2v) is 4.95. The molecule has 5 heteroatoms. The quantitative estimate of drug-likeness (QED) is 0.658. The highest BCUT2D eigenvalue weighted by molar-refractivity contribution is 6.33. The van der Waals surface area contributed by atoms with Gasteiger partial charge < -0.3 is 5.32 Å². The molecule has 0 unspecified atom stereocenters. The third-order valence-electron chi connectivity index (χ3n) is 2.76. The minimum absolute atomic E-state index is 0.106. The van der Waals surface area contributed by atoms with Gasteiger partial charge in [-0.25, -0.2) is 5.43 Å². The fraction of sp³-hybridized carbons (Fsp3) is 0.125. The number of benzene rings is 2. The van der Waals surface area contributed by atoms with Crippen molar-refractivity contribution in [1.29, 1.82) is 0 Å². The van der Waals surface area contributed by atoms with Crippen LogP contribution >= 0.6 is 11.6 Å². The van der Waals surface area contributed by atoms with E-state index < -0.39 is 0 Å². The summed E-state index contributed by atoms with van der Waals surface area (Å²) in [5.74, 6) is -0.237. The van der Waals surface area contributed by atoms with Gasteiger partial charge in [0.2, 0.25) is 0 Å². The van der Waals surface area contributed by atoms with E-state index in [4.69, 9.17) is 11.6 Å². The van der Waals surface area contributed by atoms with Gasteiger partial charge in [0, 0.05) is 0 Å². The largest absolute Gasteiger partial charge is 0.375 e. The Morgan fingerprint density at radius 1 is 1.24 bits per heavy atom. The van der Waals surface area contributed by atoms with Gasteiger partial charge in [-0.05, 0) is 24.6 Å². The van der Waals surface area contributed by atoms with Gasteiger partial charge in [0.15, 0.2) is 0 Å². The van der Waals surface area contributed by atoms with Crippen LogP contribution in [0, 0.1) is 6.92 Å². The van der Waals surface area contributed by atoms with E-state index in [9.17, 15) is 4.79 Å². The fourth-order valence-electron chi connectivity index (χ4n) is 1.75. The zero-order valence-corrected chi connectivity index (χ0v) is 12.4. The molecule has 2 aromatic carbocycles. The van der Waals surface area contributed by atoms with Gasteiger partial charge in [0.1, 0.15) is 0 Å². The number of amides is 1. The Balaban J connectivity index is 1.81. The number of nitrogens with one attached hydrogen (secondary N) is 2. The summed E-state index contributed by atoms with van der Waals surface area (Å²) in [7, 11) is 0. The average Bonchev–Trinajstić information content (AvgIpc) is 2.46. The third-order valence-corrected chi connectivity index (χ3v) is 3.09. The van der Waals surface area contributed by atoms with Crippen LogP contribution in [0.1, 0.15) is 11.1 Å². The molecule has 0 fully saturated rings. The topological polar surface area (TPSA) is 53.5 Å². The van der Waals surface area contributed by atoms with Gasteiger partial charge in [-0.3, -0.25) is 4.79 Å². The van der Waals surface area contributed by atoms with Crippen LogP contribution < -0.4 is 10.7 Å². The Bertz CT molecular complexity index is 655. The van der Waals surface area contributed by atoms with Crippen LogP contribution in [0.4, 0.5) is 5.69 Å². The van der Waals surface area contributed by atoms with Crippen molar-refractivity contribution in [2.45, 2.75) is 6.92 Å². The Kier molecular flexibility index (Phi) is 5.35. The van der Waals surface area contributed by atoms with E-state index in [0.29, 0.717) is 5.02 Å². The summed E-state index contributed by atoms with van der Waals surface area (Å²) in [6.07, 6.45) is 1.61. The van der Waals surface area contributed by atoms with Crippen molar-refractivity contribution in [3.8, 4) is 0 Å². The standard InChI is InChI=1S/C16H16ClN3O/c1-12-5-4-6-13(9-12)10-19-20-16(21)11-18-15-8-3-2-7-14(15)17/h2-10,18H,11H2,1H3,(H,20,21). The Hall–Kier alpha value is -2.33. The molecule has 2 aromatic rings. The molecule has 4 nitrogen and oxygen atoms in total. The molecule has 0 aliphatic carbocycles. The lowest BCUT2D eigenvalue weighted by atomic mass is 10.2. The molecule has 0 bridgehead atoms. The molecule has 0 aliphatic rings. The summed E-state index contributed by atoms with van der Waals surface area (Å²) >= 11 is 5.98. The number of hydrogen-bond donors (Lipinski definition) is 2. The first kappa shape index (κ1) is 15.1. The van der Waals surface area contributed by atoms with E-state index in [-0.39, 0.29) is 12.5 Å². The summed E-state index contributed by atoms with van der Waals surface area (Å²) in [5, 5.41) is 7.45. The van der Waals surface area contributed by atoms with Crippen LogP contribution in [-0.2, 0) is 4.79 Å². The van der Waals surface area contributed by atoms with Crippen LogP contribution in [0.5, 0.6) is 0 Å². The second-order valence-electron chi connectivity index (χ2n) is 4.54. The van der Waals surface area contributed by atoms with Gasteiger partial charge in [-0.15, -0.1) is 0 Å². The Labute approximate surface area is 128 Å². The normalized spacial score (nSPS) is 10.6. The van der Waals surface area contributed by atoms with Crippen molar-refractivity contribution in [2.24, 2.45) is 5.10 Å². The molecule has 2 N–H and O–H groups in total. The number of hydrazone groups is 1. The second kappa shape index (κ2) is 7.45. The zero-order valence-electron chi connectivity index (χ0n) is 11.6. The molecule has 1 amide bonds. The average molecular weight is 302 g/mol. The lowest BCUT2D eigenvalue weighted by Gasteiger charge is -2.06. The molecule has 0 saturated carbocycles. The van der Waals surface area contributed by atoms with E-state index >= 15 is 0 Å². The van der Waals surface area contributed by atoms with Crippen LogP contribution in [0.3, 0.4) is 0 Å². The highest BCUT2D eigenvalue weighted by Crippen LogP contribution is 2.19. The van der Waals surface area contributed by atoms with Gasteiger partial charge in [-0.1, -0.05) is 53.6 Å². The van der Waals surface area contributed by atoms with Gasteiger partial charge in [0.25, 0.3) is 5.91 Å². The first-order valence-electron chi connectivity index (χ1n) is 6.52. The molecule has 2 rings (SSSR count). The maximum absolute atomic E-state index is 11.7. The van der Waals surface area contributed by atoms with E-state index in [1.807, 2.05) is 49.4 Å². The maximum atomic E-state index is 11.7. The summed E-state index contributed by atoms with van der Waals surface area (Å²) in [4.78, 5) is 11.7. The van der Waals surface area contributed by atoms with Crippen LogP contribution in [-0.4, -0.2) is 18.7 Å². The van der Waals surface area contributed by atoms with Crippen LogP contribution in [0.25, 0.3) is 0 Å². The SMILES string of the molecule is Cc1cccc(C=NNC(=O)CNc2ccccc2Cl)c1. The van der Waals surface area contributed by atoms with E-state index in [1.165, 1.54) is 0 Å². The van der Waals surface area contributed by atoms with E-state index in [1.54, 1.807) is 12.3 Å². The molecule has 0 radical (unpaired) electrons. The van der Waals surface area contributed by atoms with Crippen molar-refractivity contribution < 1.29 is 4.79 Å². The lowest BCUT2D eigenvalue weighted by Crippen LogP contribution is -2.25. The van der Waals surface area contributed by atoms with Crippen molar-refractivity contribution in [3.05, 3.63) is 64.7 Å². The first-order chi connectivity index (χ1) is 10.1. The number of carbonyl (C=O) groups is 1. The number of anilines is 1. The fourth-order valence-corrected chi connectivity index (χ4v) is 1.95. The summed E-state index contributed by atoms with van der Waals surface area (Å²) in [5.41, 5.74) is 5.27. The number of nitrogens with zero attached hydrogens (tertiary/aromatic N) is 1. The van der Waals surface area contributed by atoms with Gasteiger partial charge >= 0.3 is 0 Å². The van der Waals surface area contributed by atoms with Gasteiger partial charge in [0.05, 0.1) is 23.5 Å². The molecule has 0 aliphatic heterocycles.